The Morgan fingerprint density at radius 2 is 1.87 bits per heavy atom. The second-order valence-corrected chi connectivity index (χ2v) is 5.94. The van der Waals surface area contributed by atoms with Gasteiger partial charge in [-0.15, -0.1) is 5.10 Å². The Bertz CT molecular complexity index is 632. The molecule has 124 valence electrons. The average Bonchev–Trinajstić information content (AvgIpc) is 3.00. The standard InChI is InChI=1S/C16H23N5O2/c1-11(2)21(12(3)4)16(22)13(5)23-15-8-6-7-14(9-15)20-10-17-18-19-20/h6-13H,1-5H3. The van der Waals surface area contributed by atoms with Gasteiger partial charge in [0.05, 0.1) is 5.69 Å². The molecule has 7 heteroatoms. The van der Waals surface area contributed by atoms with E-state index in [4.69, 9.17) is 4.74 Å². The van der Waals surface area contributed by atoms with E-state index in [-0.39, 0.29) is 18.0 Å². The zero-order valence-corrected chi connectivity index (χ0v) is 14.2. The van der Waals surface area contributed by atoms with E-state index in [1.54, 1.807) is 13.0 Å². The number of rotatable bonds is 6. The van der Waals surface area contributed by atoms with Crippen LogP contribution < -0.4 is 4.74 Å². The van der Waals surface area contributed by atoms with Crippen LogP contribution >= 0.6 is 0 Å². The number of carbonyl (C=O) groups is 1. The van der Waals surface area contributed by atoms with E-state index in [2.05, 4.69) is 15.5 Å². The highest BCUT2D eigenvalue weighted by molar-refractivity contribution is 5.81. The first-order chi connectivity index (χ1) is 10.9. The zero-order valence-electron chi connectivity index (χ0n) is 14.2. The Labute approximate surface area is 136 Å². The minimum absolute atomic E-state index is 0.0252. The van der Waals surface area contributed by atoms with Crippen molar-refractivity contribution >= 4 is 5.91 Å². The number of nitrogens with zero attached hydrogens (tertiary/aromatic N) is 5. The minimum Gasteiger partial charge on any atom is -0.481 e. The Balaban J connectivity index is 2.12. The van der Waals surface area contributed by atoms with Crippen molar-refractivity contribution in [1.82, 2.24) is 25.1 Å². The van der Waals surface area contributed by atoms with E-state index in [0.29, 0.717) is 5.75 Å². The quantitative estimate of drug-likeness (QED) is 0.815. The Morgan fingerprint density at radius 3 is 2.43 bits per heavy atom. The van der Waals surface area contributed by atoms with E-state index >= 15 is 0 Å². The van der Waals surface area contributed by atoms with E-state index in [9.17, 15) is 4.79 Å². The van der Waals surface area contributed by atoms with E-state index < -0.39 is 6.10 Å². The summed E-state index contributed by atoms with van der Waals surface area (Å²) in [6, 6.07) is 7.57. The number of amides is 1. The summed E-state index contributed by atoms with van der Waals surface area (Å²) in [5.74, 6) is 0.578. The van der Waals surface area contributed by atoms with E-state index in [1.807, 2.05) is 50.8 Å². The van der Waals surface area contributed by atoms with Crippen LogP contribution in [-0.4, -0.2) is 49.2 Å². The second-order valence-electron chi connectivity index (χ2n) is 5.94. The fraction of sp³-hybridized carbons (Fsp3) is 0.500. The fourth-order valence-corrected chi connectivity index (χ4v) is 2.55. The summed E-state index contributed by atoms with van der Waals surface area (Å²) in [5, 5.41) is 11.1. The molecule has 1 unspecified atom stereocenters. The van der Waals surface area contributed by atoms with Crippen LogP contribution in [0.2, 0.25) is 0 Å². The summed E-state index contributed by atoms with van der Waals surface area (Å²) in [6.07, 6.45) is 0.941. The molecule has 0 aliphatic carbocycles. The molecular weight excluding hydrogens is 294 g/mol. The maximum absolute atomic E-state index is 12.6. The first kappa shape index (κ1) is 16.9. The lowest BCUT2D eigenvalue weighted by Crippen LogP contribution is -2.48. The number of ether oxygens (including phenoxy) is 1. The van der Waals surface area contributed by atoms with Crippen molar-refractivity contribution in [3.05, 3.63) is 30.6 Å². The first-order valence-electron chi connectivity index (χ1n) is 7.72. The van der Waals surface area contributed by atoms with Crippen molar-refractivity contribution < 1.29 is 9.53 Å². The van der Waals surface area contributed by atoms with Crippen LogP contribution in [0.15, 0.2) is 30.6 Å². The predicted octanol–water partition coefficient (Wildman–Crippen LogP) is 2.07. The van der Waals surface area contributed by atoms with Gasteiger partial charge in [0.2, 0.25) is 0 Å². The van der Waals surface area contributed by atoms with Gasteiger partial charge in [0.15, 0.2) is 6.10 Å². The number of benzene rings is 1. The Morgan fingerprint density at radius 1 is 1.17 bits per heavy atom. The SMILES string of the molecule is CC(Oc1cccc(-n2cnnn2)c1)C(=O)N(C(C)C)C(C)C. The third-order valence-electron chi connectivity index (χ3n) is 3.46. The first-order valence-corrected chi connectivity index (χ1v) is 7.72. The van der Waals surface area contributed by atoms with Crippen molar-refractivity contribution in [2.75, 3.05) is 0 Å². The average molecular weight is 317 g/mol. The maximum Gasteiger partial charge on any atom is 0.263 e. The Hall–Kier alpha value is -2.44. The van der Waals surface area contributed by atoms with Gasteiger partial charge in [-0.25, -0.2) is 4.68 Å². The molecule has 0 aliphatic heterocycles. The number of aromatic nitrogens is 4. The second kappa shape index (κ2) is 7.21. The van der Waals surface area contributed by atoms with Crippen LogP contribution in [-0.2, 0) is 4.79 Å². The summed E-state index contributed by atoms with van der Waals surface area (Å²) < 4.78 is 7.36. The molecule has 1 heterocycles. The number of hydrogen-bond acceptors (Lipinski definition) is 5. The summed E-state index contributed by atoms with van der Waals surface area (Å²) >= 11 is 0. The molecule has 1 aromatic heterocycles. The third-order valence-corrected chi connectivity index (χ3v) is 3.46. The molecule has 0 fully saturated rings. The highest BCUT2D eigenvalue weighted by Crippen LogP contribution is 2.18. The van der Waals surface area contributed by atoms with Crippen molar-refractivity contribution in [2.45, 2.75) is 52.8 Å². The van der Waals surface area contributed by atoms with Gasteiger partial charge in [0.25, 0.3) is 5.91 Å². The molecular formula is C16H23N5O2. The number of hydrogen-bond donors (Lipinski definition) is 0. The lowest BCUT2D eigenvalue weighted by Gasteiger charge is -2.33. The molecule has 23 heavy (non-hydrogen) atoms. The van der Waals surface area contributed by atoms with Crippen LogP contribution in [0.4, 0.5) is 0 Å². The lowest BCUT2D eigenvalue weighted by atomic mass is 10.2. The van der Waals surface area contributed by atoms with Crippen LogP contribution in [0.25, 0.3) is 5.69 Å². The van der Waals surface area contributed by atoms with Gasteiger partial charge in [-0.2, -0.15) is 0 Å². The molecule has 2 aromatic rings. The van der Waals surface area contributed by atoms with Crippen molar-refractivity contribution in [3.8, 4) is 11.4 Å². The van der Waals surface area contributed by atoms with Crippen LogP contribution in [0.1, 0.15) is 34.6 Å². The smallest absolute Gasteiger partial charge is 0.263 e. The van der Waals surface area contributed by atoms with Gasteiger partial charge in [-0.1, -0.05) is 6.07 Å². The Kier molecular flexibility index (Phi) is 5.31. The monoisotopic (exact) mass is 317 g/mol. The summed E-state index contributed by atoms with van der Waals surface area (Å²) in [7, 11) is 0. The molecule has 0 bridgehead atoms. The summed E-state index contributed by atoms with van der Waals surface area (Å²) in [6.45, 7) is 9.78. The normalized spacial score (nSPS) is 12.5. The van der Waals surface area contributed by atoms with Gasteiger partial charge in [-0.3, -0.25) is 4.79 Å². The number of carbonyl (C=O) groups excluding carboxylic acids is 1. The molecule has 0 saturated heterocycles. The van der Waals surface area contributed by atoms with Crippen molar-refractivity contribution in [3.63, 3.8) is 0 Å². The summed E-state index contributed by atoms with van der Waals surface area (Å²) in [5.41, 5.74) is 0.775. The molecule has 0 N–H and O–H groups in total. The highest BCUT2D eigenvalue weighted by Gasteiger charge is 2.26. The van der Waals surface area contributed by atoms with Gasteiger partial charge < -0.3 is 9.64 Å². The molecule has 0 spiro atoms. The van der Waals surface area contributed by atoms with Crippen LogP contribution in [0, 0.1) is 0 Å². The molecule has 1 atom stereocenters. The molecule has 1 aromatic carbocycles. The minimum atomic E-state index is -0.566. The van der Waals surface area contributed by atoms with E-state index in [1.165, 1.54) is 11.0 Å². The van der Waals surface area contributed by atoms with Gasteiger partial charge in [0, 0.05) is 18.2 Å². The van der Waals surface area contributed by atoms with Crippen molar-refractivity contribution in [1.29, 1.82) is 0 Å². The summed E-state index contributed by atoms with van der Waals surface area (Å²) in [4.78, 5) is 14.4. The topological polar surface area (TPSA) is 73.1 Å². The van der Waals surface area contributed by atoms with E-state index in [0.717, 1.165) is 5.69 Å². The molecule has 0 radical (unpaired) electrons. The largest absolute Gasteiger partial charge is 0.481 e. The third kappa shape index (κ3) is 4.06. The van der Waals surface area contributed by atoms with Gasteiger partial charge in [0.1, 0.15) is 12.1 Å². The van der Waals surface area contributed by atoms with Crippen LogP contribution in [0.5, 0.6) is 5.75 Å². The molecule has 1 amide bonds. The molecule has 7 nitrogen and oxygen atoms in total. The van der Waals surface area contributed by atoms with Gasteiger partial charge in [-0.05, 0) is 57.2 Å². The van der Waals surface area contributed by atoms with Crippen molar-refractivity contribution in [2.24, 2.45) is 0 Å². The zero-order chi connectivity index (χ0) is 17.0. The molecule has 2 rings (SSSR count). The fourth-order valence-electron chi connectivity index (χ4n) is 2.55. The lowest BCUT2D eigenvalue weighted by molar-refractivity contribution is -0.141. The maximum atomic E-state index is 12.6. The molecule has 0 saturated carbocycles. The number of tetrazole rings is 1. The van der Waals surface area contributed by atoms with Crippen LogP contribution in [0.3, 0.4) is 0 Å². The highest BCUT2D eigenvalue weighted by atomic mass is 16.5. The van der Waals surface area contributed by atoms with Gasteiger partial charge >= 0.3 is 0 Å². The molecule has 0 aliphatic rings. The predicted molar refractivity (Wildman–Crippen MR) is 86.4 cm³/mol.